The molecule has 10 nitrogen and oxygen atoms in total. The maximum atomic E-state index is 14.9. The molecule has 2 aromatic carbocycles. The second-order valence-electron chi connectivity index (χ2n) is 10.5. The van der Waals surface area contributed by atoms with Gasteiger partial charge in [-0.3, -0.25) is 14.3 Å². The van der Waals surface area contributed by atoms with Crippen LogP contribution >= 0.6 is 11.6 Å². The highest BCUT2D eigenvalue weighted by atomic mass is 35.5. The van der Waals surface area contributed by atoms with E-state index in [9.17, 15) is 18.8 Å². The third-order valence-electron chi connectivity index (χ3n) is 7.90. The number of anilines is 1. The van der Waals surface area contributed by atoms with E-state index in [1.54, 1.807) is 43.5 Å². The molecule has 4 N–H and O–H groups in total. The van der Waals surface area contributed by atoms with Crippen LogP contribution < -0.4 is 16.4 Å². The number of nitrogens with two attached hydrogens (primary N) is 1. The summed E-state index contributed by atoms with van der Waals surface area (Å²) in [4.78, 5) is 42.0. The van der Waals surface area contributed by atoms with Crippen LogP contribution in [0.4, 0.5) is 19.7 Å². The molecule has 41 heavy (non-hydrogen) atoms. The lowest BCUT2D eigenvalue weighted by molar-refractivity contribution is -0.124. The fourth-order valence-corrected chi connectivity index (χ4v) is 5.98. The van der Waals surface area contributed by atoms with E-state index in [1.165, 1.54) is 15.7 Å². The highest BCUT2D eigenvalue weighted by Crippen LogP contribution is 2.28. The van der Waals surface area contributed by atoms with Crippen LogP contribution in [-0.4, -0.2) is 71.2 Å². The minimum Gasteiger partial charge on any atom is -0.381 e. The van der Waals surface area contributed by atoms with Crippen LogP contribution in [0, 0.1) is 5.82 Å². The quantitative estimate of drug-likeness (QED) is 0.383. The first kappa shape index (κ1) is 28.8. The number of urea groups is 1. The average molecular weight is 585 g/mol. The van der Waals surface area contributed by atoms with Crippen LogP contribution in [0.2, 0.25) is 5.02 Å². The van der Waals surface area contributed by atoms with Crippen LogP contribution in [-0.2, 0) is 22.6 Å². The number of halogens is 2. The van der Waals surface area contributed by atoms with E-state index in [-0.39, 0.29) is 23.6 Å². The van der Waals surface area contributed by atoms with Gasteiger partial charge in [0.05, 0.1) is 22.3 Å². The highest BCUT2D eigenvalue weighted by Gasteiger charge is 2.34. The first-order valence-corrected chi connectivity index (χ1v) is 14.1. The molecule has 2 fully saturated rings. The molecule has 0 aliphatic carbocycles. The van der Waals surface area contributed by atoms with Gasteiger partial charge < -0.3 is 26.0 Å². The van der Waals surface area contributed by atoms with Crippen LogP contribution in [0.5, 0.6) is 0 Å². The molecular weight excluding hydrogens is 551 g/mol. The van der Waals surface area contributed by atoms with E-state index < -0.39 is 23.9 Å². The van der Waals surface area contributed by atoms with Crippen molar-refractivity contribution >= 4 is 46.2 Å². The summed E-state index contributed by atoms with van der Waals surface area (Å²) in [7, 11) is 1.73. The number of fused-ring (bicyclic) bond motifs is 1. The summed E-state index contributed by atoms with van der Waals surface area (Å²) in [5, 5.41) is 6.27. The van der Waals surface area contributed by atoms with Crippen molar-refractivity contribution in [2.75, 3.05) is 32.1 Å². The number of carbonyl (C=O) groups is 3. The number of ether oxygens (including phenoxy) is 1. The lowest BCUT2D eigenvalue weighted by atomic mass is 10.1. The summed E-state index contributed by atoms with van der Waals surface area (Å²) in [6.45, 7) is 2.71. The van der Waals surface area contributed by atoms with Crippen molar-refractivity contribution in [3.05, 3.63) is 64.6 Å². The summed E-state index contributed by atoms with van der Waals surface area (Å²) < 4.78 is 21.6. The van der Waals surface area contributed by atoms with Gasteiger partial charge in [0.2, 0.25) is 5.91 Å². The van der Waals surface area contributed by atoms with Crippen LogP contribution in [0.15, 0.2) is 42.6 Å². The molecule has 3 heterocycles. The molecule has 3 aromatic rings. The molecule has 2 aliphatic rings. The molecule has 0 bridgehead atoms. The van der Waals surface area contributed by atoms with Gasteiger partial charge in [0.25, 0.3) is 0 Å². The number of aromatic nitrogens is 1. The summed E-state index contributed by atoms with van der Waals surface area (Å²) in [6, 6.07) is 8.56. The van der Waals surface area contributed by atoms with E-state index in [2.05, 4.69) is 15.5 Å². The Hall–Kier alpha value is -3.67. The molecule has 2 aliphatic heterocycles. The number of nitrogens with zero attached hydrogens (tertiary/aromatic N) is 3. The molecule has 218 valence electrons. The zero-order valence-corrected chi connectivity index (χ0v) is 23.6. The standard InChI is InChI=1S/C29H34ClFN6O4/c1-41-20-8-11-35(12-9-20)16-18-13-19(26(31)22(30)14-18)15-33-27(38)25-7-4-10-36(25)29(40)34-23-17-37(28(32)39)24-6-3-2-5-21(23)24/h2-3,5-6,13-14,17,20,25H,4,7-12,15-16H2,1H3,(H2,32,39)(H,33,38)(H,34,40)/t25-/m0/s1. The second kappa shape index (κ2) is 12.5. The largest absolute Gasteiger partial charge is 0.381 e. The Morgan fingerprint density at radius 1 is 1.12 bits per heavy atom. The molecule has 0 spiro atoms. The average Bonchev–Trinajstić information content (AvgIpc) is 3.60. The van der Waals surface area contributed by atoms with Gasteiger partial charge in [0.1, 0.15) is 11.9 Å². The number of carbonyl (C=O) groups excluding carboxylic acids is 3. The van der Waals surface area contributed by atoms with E-state index in [0.29, 0.717) is 48.1 Å². The highest BCUT2D eigenvalue weighted by molar-refractivity contribution is 6.30. The van der Waals surface area contributed by atoms with Crippen molar-refractivity contribution in [1.82, 2.24) is 19.7 Å². The Labute approximate surface area is 242 Å². The third kappa shape index (κ3) is 6.32. The van der Waals surface area contributed by atoms with Crippen molar-refractivity contribution in [3.63, 3.8) is 0 Å². The normalized spacial score (nSPS) is 18.1. The first-order valence-electron chi connectivity index (χ1n) is 13.7. The Morgan fingerprint density at radius 2 is 1.88 bits per heavy atom. The number of hydrogen-bond donors (Lipinski definition) is 3. The monoisotopic (exact) mass is 584 g/mol. The molecule has 12 heteroatoms. The molecule has 0 radical (unpaired) electrons. The van der Waals surface area contributed by atoms with Crippen LogP contribution in [0.1, 0.15) is 36.8 Å². The maximum absolute atomic E-state index is 14.9. The Kier molecular flexibility index (Phi) is 8.77. The van der Waals surface area contributed by atoms with Crippen molar-refractivity contribution in [1.29, 1.82) is 0 Å². The van der Waals surface area contributed by atoms with Gasteiger partial charge in [-0.05, 0) is 49.4 Å². The van der Waals surface area contributed by atoms with E-state index >= 15 is 0 Å². The zero-order chi connectivity index (χ0) is 29.1. The fourth-order valence-electron chi connectivity index (χ4n) is 5.72. The summed E-state index contributed by atoms with van der Waals surface area (Å²) in [5.41, 5.74) is 7.62. The number of methoxy groups -OCH3 is 1. The summed E-state index contributed by atoms with van der Waals surface area (Å²) >= 11 is 6.21. The minimum atomic E-state index is -0.719. The van der Waals surface area contributed by atoms with Gasteiger partial charge in [-0.15, -0.1) is 0 Å². The lowest BCUT2D eigenvalue weighted by Crippen LogP contribution is -2.47. The van der Waals surface area contributed by atoms with Crippen molar-refractivity contribution in [2.24, 2.45) is 5.73 Å². The predicted octanol–water partition coefficient (Wildman–Crippen LogP) is 4.28. The molecule has 0 unspecified atom stereocenters. The maximum Gasteiger partial charge on any atom is 0.323 e. The Morgan fingerprint density at radius 3 is 2.61 bits per heavy atom. The molecule has 0 saturated carbocycles. The van der Waals surface area contributed by atoms with E-state index in [0.717, 1.165) is 31.5 Å². The number of rotatable bonds is 7. The number of benzene rings is 2. The summed E-state index contributed by atoms with van der Waals surface area (Å²) in [6.07, 6.45) is 4.73. The van der Waals surface area contributed by atoms with E-state index in [4.69, 9.17) is 22.1 Å². The topological polar surface area (TPSA) is 122 Å². The number of para-hydroxylation sites is 1. The fraction of sp³-hybridized carbons (Fsp3) is 0.414. The molecule has 5 rings (SSSR count). The van der Waals surface area contributed by atoms with Crippen molar-refractivity contribution < 1.29 is 23.5 Å². The van der Waals surface area contributed by atoms with Crippen LogP contribution in [0.3, 0.4) is 0 Å². The molecular formula is C29H34ClFN6O4. The summed E-state index contributed by atoms with van der Waals surface area (Å²) in [5.74, 6) is -0.944. The van der Waals surface area contributed by atoms with E-state index in [1.807, 2.05) is 0 Å². The Balaban J connectivity index is 1.23. The molecule has 4 amide bonds. The first-order chi connectivity index (χ1) is 19.7. The number of likely N-dealkylation sites (tertiary alicyclic amines) is 2. The molecule has 1 aromatic heterocycles. The number of nitrogens with one attached hydrogen (secondary N) is 2. The number of hydrogen-bond acceptors (Lipinski definition) is 5. The second-order valence-corrected chi connectivity index (χ2v) is 10.9. The Bertz CT molecular complexity index is 1450. The van der Waals surface area contributed by atoms with Gasteiger partial charge in [-0.2, -0.15) is 0 Å². The smallest absolute Gasteiger partial charge is 0.323 e. The number of amides is 4. The number of primary amides is 1. The predicted molar refractivity (Wildman–Crippen MR) is 154 cm³/mol. The van der Waals surface area contributed by atoms with Gasteiger partial charge in [0, 0.05) is 57.0 Å². The molecule has 1 atom stereocenters. The van der Waals surface area contributed by atoms with Crippen molar-refractivity contribution in [3.8, 4) is 0 Å². The van der Waals surface area contributed by atoms with Gasteiger partial charge in [-0.1, -0.05) is 29.8 Å². The van der Waals surface area contributed by atoms with Gasteiger partial charge in [-0.25, -0.2) is 14.0 Å². The van der Waals surface area contributed by atoms with Gasteiger partial charge >= 0.3 is 12.1 Å². The zero-order valence-electron chi connectivity index (χ0n) is 22.9. The van der Waals surface area contributed by atoms with Crippen molar-refractivity contribution in [2.45, 2.75) is 50.9 Å². The third-order valence-corrected chi connectivity index (χ3v) is 8.17. The SMILES string of the molecule is COC1CCN(Cc2cc(Cl)c(F)c(CNC(=O)[C@@H]3CCCN3C(=O)Nc3cn(C(N)=O)c4ccccc34)c2)CC1. The lowest BCUT2D eigenvalue weighted by Gasteiger charge is -2.31. The minimum absolute atomic E-state index is 0.00974. The van der Waals surface area contributed by atoms with Gasteiger partial charge in [0.15, 0.2) is 0 Å². The van der Waals surface area contributed by atoms with Crippen LogP contribution in [0.25, 0.3) is 10.9 Å². The number of piperidine rings is 1. The molecule has 2 saturated heterocycles.